The van der Waals surface area contributed by atoms with Crippen LogP contribution in [0, 0.1) is 19.3 Å². The van der Waals surface area contributed by atoms with Gasteiger partial charge < -0.3 is 19.1 Å². The highest BCUT2D eigenvalue weighted by Crippen LogP contribution is 2.36. The third-order valence-corrected chi connectivity index (χ3v) is 6.99. The molecule has 36 heavy (non-hydrogen) atoms. The number of amides is 2. The van der Waals surface area contributed by atoms with Gasteiger partial charge in [-0.2, -0.15) is 0 Å². The van der Waals surface area contributed by atoms with Crippen LogP contribution in [0.4, 0.5) is 0 Å². The number of likely N-dealkylation sites (tertiary alicyclic amines) is 1. The van der Waals surface area contributed by atoms with Gasteiger partial charge in [-0.15, -0.1) is 0 Å². The molecular formula is C28H32ClN3O4. The second kappa shape index (κ2) is 11.2. The van der Waals surface area contributed by atoms with Crippen molar-refractivity contribution < 1.29 is 18.8 Å². The number of carbonyl (C=O) groups excluding carboxylic acids is 2. The summed E-state index contributed by atoms with van der Waals surface area (Å²) in [4.78, 5) is 30.4. The first kappa shape index (κ1) is 25.8. The van der Waals surface area contributed by atoms with Crippen molar-refractivity contribution in [3.63, 3.8) is 0 Å². The van der Waals surface area contributed by atoms with Crippen LogP contribution < -0.4 is 4.74 Å². The zero-order valence-corrected chi connectivity index (χ0v) is 21.8. The predicted molar refractivity (Wildman–Crippen MR) is 138 cm³/mol. The Balaban J connectivity index is 1.55. The predicted octanol–water partition coefficient (Wildman–Crippen LogP) is 5.29. The highest BCUT2D eigenvalue weighted by molar-refractivity contribution is 6.30. The van der Waals surface area contributed by atoms with Crippen molar-refractivity contribution in [2.75, 3.05) is 26.7 Å². The lowest BCUT2D eigenvalue weighted by molar-refractivity contribution is -0.134. The second-order valence-electron chi connectivity index (χ2n) is 9.69. The molecule has 1 aliphatic heterocycles. The molecule has 7 nitrogen and oxygen atoms in total. The molecule has 2 amide bonds. The Kier molecular flexibility index (Phi) is 7.99. The van der Waals surface area contributed by atoms with Crippen LogP contribution in [0.25, 0.3) is 0 Å². The number of aromatic nitrogens is 1. The largest absolute Gasteiger partial charge is 0.493 e. The molecule has 0 saturated carbocycles. The van der Waals surface area contributed by atoms with Gasteiger partial charge in [-0.3, -0.25) is 9.59 Å². The molecule has 4 rings (SSSR count). The van der Waals surface area contributed by atoms with Crippen LogP contribution >= 0.6 is 11.6 Å². The summed E-state index contributed by atoms with van der Waals surface area (Å²) >= 11 is 6.15. The second-order valence-corrected chi connectivity index (χ2v) is 10.1. The first-order valence-corrected chi connectivity index (χ1v) is 12.5. The number of halogens is 1. The molecule has 1 atom stereocenters. The first-order chi connectivity index (χ1) is 17.3. The monoisotopic (exact) mass is 509 g/mol. The summed E-state index contributed by atoms with van der Waals surface area (Å²) in [6.45, 7) is 5.34. The van der Waals surface area contributed by atoms with Gasteiger partial charge in [-0.25, -0.2) is 0 Å². The van der Waals surface area contributed by atoms with Gasteiger partial charge in [0.2, 0.25) is 5.91 Å². The van der Waals surface area contributed by atoms with Crippen LogP contribution in [-0.2, 0) is 11.3 Å². The summed E-state index contributed by atoms with van der Waals surface area (Å²) in [7, 11) is 1.82. The minimum Gasteiger partial charge on any atom is -0.493 e. The van der Waals surface area contributed by atoms with Crippen molar-refractivity contribution in [3.05, 3.63) is 82.2 Å². The van der Waals surface area contributed by atoms with Crippen molar-refractivity contribution in [1.29, 1.82) is 0 Å². The normalized spacial score (nSPS) is 17.6. The molecule has 3 aromatic rings. The van der Waals surface area contributed by atoms with E-state index >= 15 is 0 Å². The van der Waals surface area contributed by atoms with Gasteiger partial charge in [-0.1, -0.05) is 53.2 Å². The number of hydrogen-bond acceptors (Lipinski definition) is 5. The summed E-state index contributed by atoms with van der Waals surface area (Å²) in [6, 6.07) is 17.1. The number of ether oxygens (including phenoxy) is 1. The van der Waals surface area contributed by atoms with Crippen molar-refractivity contribution >= 4 is 23.4 Å². The molecule has 190 valence electrons. The Bertz CT molecular complexity index is 1190. The number of carbonyl (C=O) groups is 2. The number of nitrogens with zero attached hydrogens (tertiary/aromatic N) is 3. The lowest BCUT2D eigenvalue weighted by atomic mass is 9.77. The molecule has 2 heterocycles. The number of hydrogen-bond donors (Lipinski definition) is 0. The van der Waals surface area contributed by atoms with Gasteiger partial charge in [0.1, 0.15) is 17.1 Å². The quantitative estimate of drug-likeness (QED) is 0.412. The number of aryl methyl sites for hydroxylation is 2. The smallest absolute Gasteiger partial charge is 0.259 e. The Morgan fingerprint density at radius 2 is 1.94 bits per heavy atom. The van der Waals surface area contributed by atoms with Crippen LogP contribution in [-0.4, -0.2) is 53.5 Å². The van der Waals surface area contributed by atoms with E-state index < -0.39 is 5.41 Å². The fourth-order valence-corrected chi connectivity index (χ4v) is 5.02. The van der Waals surface area contributed by atoms with E-state index in [0.717, 1.165) is 18.4 Å². The zero-order valence-electron chi connectivity index (χ0n) is 21.0. The van der Waals surface area contributed by atoms with Crippen LogP contribution in [0.5, 0.6) is 5.75 Å². The van der Waals surface area contributed by atoms with E-state index in [-0.39, 0.29) is 18.2 Å². The maximum atomic E-state index is 13.4. The van der Waals surface area contributed by atoms with Gasteiger partial charge in [0.05, 0.1) is 12.3 Å². The van der Waals surface area contributed by atoms with Crippen molar-refractivity contribution in [2.45, 2.75) is 39.7 Å². The van der Waals surface area contributed by atoms with Gasteiger partial charge in [0, 0.05) is 43.5 Å². The standard InChI is InChI=1S/C28H32ClN3O4/c1-20-26(21(2)36-30-20)27(34)32-14-8-13-28(18-32,19-35-24-12-7-11-23(29)15-24)16-25(33)31(3)17-22-9-5-4-6-10-22/h4-7,9-12,15H,8,13-14,16-19H2,1-3H3/t28-/m0/s1. The molecule has 2 aromatic carbocycles. The van der Waals surface area contributed by atoms with Crippen molar-refractivity contribution in [1.82, 2.24) is 15.0 Å². The summed E-state index contributed by atoms with van der Waals surface area (Å²) < 4.78 is 11.4. The molecule has 1 aromatic heterocycles. The molecule has 0 bridgehead atoms. The average molecular weight is 510 g/mol. The Hall–Kier alpha value is -3.32. The van der Waals surface area contributed by atoms with E-state index in [0.29, 0.717) is 54.0 Å². The van der Waals surface area contributed by atoms with Gasteiger partial charge in [-0.05, 0) is 50.5 Å². The number of benzene rings is 2. The van der Waals surface area contributed by atoms with Gasteiger partial charge >= 0.3 is 0 Å². The summed E-state index contributed by atoms with van der Waals surface area (Å²) in [5.41, 5.74) is 1.59. The maximum absolute atomic E-state index is 13.4. The molecule has 8 heteroatoms. The minimum absolute atomic E-state index is 0.0141. The molecule has 1 fully saturated rings. The Labute approximate surface area is 217 Å². The van der Waals surface area contributed by atoms with E-state index in [2.05, 4.69) is 5.16 Å². The fraction of sp³-hybridized carbons (Fsp3) is 0.393. The minimum atomic E-state index is -0.544. The summed E-state index contributed by atoms with van der Waals surface area (Å²) in [5.74, 6) is 1.03. The molecule has 0 N–H and O–H groups in total. The SMILES string of the molecule is Cc1noc(C)c1C(=O)N1CCC[C@](COc2cccc(Cl)c2)(CC(=O)N(C)Cc2ccccc2)C1. The molecule has 0 aliphatic carbocycles. The highest BCUT2D eigenvalue weighted by atomic mass is 35.5. The highest BCUT2D eigenvalue weighted by Gasteiger charge is 2.41. The molecular weight excluding hydrogens is 478 g/mol. The van der Waals surface area contributed by atoms with E-state index in [1.54, 1.807) is 30.9 Å². The molecule has 0 unspecified atom stereocenters. The molecule has 1 saturated heterocycles. The number of piperidine rings is 1. The van der Waals surface area contributed by atoms with Crippen LogP contribution in [0.2, 0.25) is 5.02 Å². The topological polar surface area (TPSA) is 75.9 Å². The van der Waals surface area contributed by atoms with Crippen molar-refractivity contribution in [3.8, 4) is 5.75 Å². The van der Waals surface area contributed by atoms with E-state index in [1.165, 1.54) is 0 Å². The van der Waals surface area contributed by atoms with E-state index in [4.69, 9.17) is 20.9 Å². The zero-order chi connectivity index (χ0) is 25.7. The Morgan fingerprint density at radius 3 is 2.64 bits per heavy atom. The van der Waals surface area contributed by atoms with Crippen LogP contribution in [0.1, 0.15) is 46.6 Å². The van der Waals surface area contributed by atoms with Crippen LogP contribution in [0.3, 0.4) is 0 Å². The van der Waals surface area contributed by atoms with Crippen LogP contribution in [0.15, 0.2) is 59.1 Å². The number of rotatable bonds is 8. The first-order valence-electron chi connectivity index (χ1n) is 12.1. The molecule has 0 spiro atoms. The summed E-state index contributed by atoms with van der Waals surface area (Å²) in [5, 5.41) is 4.53. The third kappa shape index (κ3) is 6.08. The van der Waals surface area contributed by atoms with Crippen molar-refractivity contribution in [2.24, 2.45) is 5.41 Å². The summed E-state index contributed by atoms with van der Waals surface area (Å²) in [6.07, 6.45) is 1.80. The average Bonchev–Trinajstić information content (AvgIpc) is 3.21. The van der Waals surface area contributed by atoms with Gasteiger partial charge in [0.15, 0.2) is 0 Å². The lowest BCUT2D eigenvalue weighted by Gasteiger charge is -2.42. The third-order valence-electron chi connectivity index (χ3n) is 6.75. The Morgan fingerprint density at radius 1 is 1.17 bits per heavy atom. The maximum Gasteiger partial charge on any atom is 0.259 e. The van der Waals surface area contributed by atoms with Gasteiger partial charge in [0.25, 0.3) is 5.91 Å². The fourth-order valence-electron chi connectivity index (χ4n) is 4.84. The molecule has 0 radical (unpaired) electrons. The van der Waals surface area contributed by atoms with E-state index in [1.807, 2.05) is 54.4 Å². The lowest BCUT2D eigenvalue weighted by Crippen LogP contribution is -2.50. The van der Waals surface area contributed by atoms with E-state index in [9.17, 15) is 9.59 Å². The molecule has 1 aliphatic rings.